The molecular formula is C16H28N2. The minimum Gasteiger partial charge on any atom is -0.312 e. The first kappa shape index (κ1) is 11.7. The molecule has 1 heterocycles. The topological polar surface area (TPSA) is 15.3 Å². The van der Waals surface area contributed by atoms with Gasteiger partial charge in [0.05, 0.1) is 0 Å². The van der Waals surface area contributed by atoms with Gasteiger partial charge in [0.15, 0.2) is 0 Å². The van der Waals surface area contributed by atoms with E-state index in [-0.39, 0.29) is 0 Å². The maximum absolute atomic E-state index is 3.96. The summed E-state index contributed by atoms with van der Waals surface area (Å²) in [6, 6.07) is 1.70. The van der Waals surface area contributed by atoms with Crippen molar-refractivity contribution < 1.29 is 0 Å². The highest BCUT2D eigenvalue weighted by atomic mass is 15.2. The van der Waals surface area contributed by atoms with Gasteiger partial charge in [0.1, 0.15) is 0 Å². The number of nitrogens with zero attached hydrogens (tertiary/aromatic N) is 1. The number of likely N-dealkylation sites (tertiary alicyclic amines) is 1. The molecule has 0 aromatic carbocycles. The van der Waals surface area contributed by atoms with Crippen molar-refractivity contribution in [1.82, 2.24) is 10.2 Å². The van der Waals surface area contributed by atoms with Crippen molar-refractivity contribution >= 4 is 0 Å². The number of hydrogen-bond acceptors (Lipinski definition) is 2. The van der Waals surface area contributed by atoms with E-state index in [4.69, 9.17) is 0 Å². The molecule has 2 nitrogen and oxygen atoms in total. The van der Waals surface area contributed by atoms with Gasteiger partial charge in [-0.2, -0.15) is 0 Å². The summed E-state index contributed by atoms with van der Waals surface area (Å²) in [5.74, 6) is 4.40. The molecule has 2 heteroatoms. The van der Waals surface area contributed by atoms with Gasteiger partial charge in [0.25, 0.3) is 0 Å². The second-order valence-electron chi connectivity index (χ2n) is 7.45. The zero-order valence-corrected chi connectivity index (χ0v) is 11.8. The lowest BCUT2D eigenvalue weighted by molar-refractivity contribution is 0.196. The molecule has 102 valence electrons. The summed E-state index contributed by atoms with van der Waals surface area (Å²) >= 11 is 0. The lowest BCUT2D eigenvalue weighted by atomic mass is 9.79. The first-order chi connectivity index (χ1) is 8.83. The Morgan fingerprint density at radius 2 is 1.89 bits per heavy atom. The Hall–Kier alpha value is -0.0800. The van der Waals surface area contributed by atoms with Gasteiger partial charge in [0, 0.05) is 18.6 Å². The normalized spacial score (nSPS) is 51.2. The zero-order chi connectivity index (χ0) is 12.1. The summed E-state index contributed by atoms with van der Waals surface area (Å²) in [5.41, 5.74) is 0. The Labute approximate surface area is 111 Å². The fourth-order valence-corrected chi connectivity index (χ4v) is 5.83. The molecule has 6 atom stereocenters. The molecule has 4 fully saturated rings. The molecule has 0 amide bonds. The van der Waals surface area contributed by atoms with Crippen molar-refractivity contribution in [3.63, 3.8) is 0 Å². The molecule has 0 aromatic rings. The van der Waals surface area contributed by atoms with E-state index in [2.05, 4.69) is 17.3 Å². The fourth-order valence-electron chi connectivity index (χ4n) is 5.83. The second kappa shape index (κ2) is 4.49. The average molecular weight is 248 g/mol. The monoisotopic (exact) mass is 248 g/mol. The molecule has 4 rings (SSSR count). The van der Waals surface area contributed by atoms with E-state index < -0.39 is 0 Å². The SMILES string of the molecule is CN1CCCC1CNC1CC2CC1C1CCCC21. The fraction of sp³-hybridized carbons (Fsp3) is 1.00. The molecule has 1 saturated heterocycles. The van der Waals surface area contributed by atoms with Crippen LogP contribution in [0.25, 0.3) is 0 Å². The molecule has 6 unspecified atom stereocenters. The van der Waals surface area contributed by atoms with E-state index in [0.717, 1.165) is 35.8 Å². The molecule has 1 aliphatic heterocycles. The highest BCUT2D eigenvalue weighted by molar-refractivity contribution is 5.05. The number of rotatable bonds is 3. The van der Waals surface area contributed by atoms with Crippen LogP contribution in [0.5, 0.6) is 0 Å². The zero-order valence-electron chi connectivity index (χ0n) is 11.8. The number of fused-ring (bicyclic) bond motifs is 5. The van der Waals surface area contributed by atoms with Crippen LogP contribution < -0.4 is 5.32 Å². The van der Waals surface area contributed by atoms with Crippen LogP contribution in [0.1, 0.15) is 44.9 Å². The third kappa shape index (κ3) is 1.76. The molecule has 0 radical (unpaired) electrons. The maximum Gasteiger partial charge on any atom is 0.0218 e. The van der Waals surface area contributed by atoms with E-state index in [1.807, 2.05) is 0 Å². The van der Waals surface area contributed by atoms with Crippen LogP contribution in [0.15, 0.2) is 0 Å². The van der Waals surface area contributed by atoms with E-state index >= 15 is 0 Å². The highest BCUT2D eigenvalue weighted by Gasteiger charge is 2.53. The van der Waals surface area contributed by atoms with Gasteiger partial charge in [-0.05, 0) is 75.8 Å². The first-order valence-corrected chi connectivity index (χ1v) is 8.26. The molecule has 4 aliphatic rings. The lowest BCUT2D eigenvalue weighted by Crippen LogP contribution is -2.44. The second-order valence-corrected chi connectivity index (χ2v) is 7.45. The smallest absolute Gasteiger partial charge is 0.0218 e. The largest absolute Gasteiger partial charge is 0.312 e. The number of nitrogens with one attached hydrogen (secondary N) is 1. The summed E-state index contributed by atoms with van der Waals surface area (Å²) in [4.78, 5) is 2.55. The predicted molar refractivity (Wildman–Crippen MR) is 74.5 cm³/mol. The molecular weight excluding hydrogens is 220 g/mol. The van der Waals surface area contributed by atoms with E-state index in [9.17, 15) is 0 Å². The Morgan fingerprint density at radius 3 is 2.72 bits per heavy atom. The third-order valence-corrected chi connectivity index (χ3v) is 6.72. The van der Waals surface area contributed by atoms with Crippen molar-refractivity contribution in [2.45, 2.75) is 57.0 Å². The van der Waals surface area contributed by atoms with Crippen LogP contribution in [0.3, 0.4) is 0 Å². The molecule has 2 bridgehead atoms. The Bertz CT molecular complexity index is 316. The lowest BCUT2D eigenvalue weighted by Gasteiger charge is -2.33. The predicted octanol–water partition coefficient (Wildman–Crippen LogP) is 2.49. The Balaban J connectivity index is 1.34. The molecule has 3 saturated carbocycles. The van der Waals surface area contributed by atoms with E-state index in [0.29, 0.717) is 0 Å². The Kier molecular flexibility index (Phi) is 2.92. The van der Waals surface area contributed by atoms with Crippen LogP contribution in [0.2, 0.25) is 0 Å². The van der Waals surface area contributed by atoms with Crippen molar-refractivity contribution in [3.8, 4) is 0 Å². The average Bonchev–Trinajstić information content (AvgIpc) is 3.08. The molecule has 18 heavy (non-hydrogen) atoms. The van der Waals surface area contributed by atoms with Gasteiger partial charge in [-0.1, -0.05) is 6.42 Å². The third-order valence-electron chi connectivity index (χ3n) is 6.72. The summed E-state index contributed by atoms with van der Waals surface area (Å²) in [6.07, 6.45) is 10.5. The van der Waals surface area contributed by atoms with E-state index in [1.165, 1.54) is 38.8 Å². The van der Waals surface area contributed by atoms with Crippen molar-refractivity contribution in [3.05, 3.63) is 0 Å². The first-order valence-electron chi connectivity index (χ1n) is 8.26. The van der Waals surface area contributed by atoms with Crippen LogP contribution in [-0.2, 0) is 0 Å². The number of hydrogen-bond donors (Lipinski definition) is 1. The summed E-state index contributed by atoms with van der Waals surface area (Å²) in [6.45, 7) is 2.57. The van der Waals surface area contributed by atoms with Crippen molar-refractivity contribution in [1.29, 1.82) is 0 Å². The minimum atomic E-state index is 0.823. The standard InChI is InChI=1S/C16H28N2/c1-18-7-3-4-12(18)10-17-16-9-11-8-15(16)14-6-2-5-13(11)14/h11-17H,2-10H2,1H3. The molecule has 3 aliphatic carbocycles. The van der Waals surface area contributed by atoms with Gasteiger partial charge in [-0.15, -0.1) is 0 Å². The quantitative estimate of drug-likeness (QED) is 0.825. The van der Waals surface area contributed by atoms with Crippen LogP contribution in [-0.4, -0.2) is 37.1 Å². The van der Waals surface area contributed by atoms with Gasteiger partial charge < -0.3 is 10.2 Å². The van der Waals surface area contributed by atoms with Crippen LogP contribution in [0.4, 0.5) is 0 Å². The van der Waals surface area contributed by atoms with Gasteiger partial charge in [0.2, 0.25) is 0 Å². The van der Waals surface area contributed by atoms with Crippen molar-refractivity contribution in [2.24, 2.45) is 23.7 Å². The molecule has 0 aromatic heterocycles. The maximum atomic E-state index is 3.96. The van der Waals surface area contributed by atoms with Gasteiger partial charge in [-0.25, -0.2) is 0 Å². The Morgan fingerprint density at radius 1 is 1.00 bits per heavy atom. The van der Waals surface area contributed by atoms with Gasteiger partial charge >= 0.3 is 0 Å². The van der Waals surface area contributed by atoms with E-state index in [1.54, 1.807) is 19.3 Å². The van der Waals surface area contributed by atoms with Crippen LogP contribution >= 0.6 is 0 Å². The summed E-state index contributed by atoms with van der Waals surface area (Å²) in [5, 5.41) is 3.96. The highest BCUT2D eigenvalue weighted by Crippen LogP contribution is 2.58. The number of likely N-dealkylation sites (N-methyl/N-ethyl adjacent to an activating group) is 1. The molecule has 1 N–H and O–H groups in total. The minimum absolute atomic E-state index is 0.823. The van der Waals surface area contributed by atoms with Crippen LogP contribution in [0, 0.1) is 23.7 Å². The molecule has 0 spiro atoms. The van der Waals surface area contributed by atoms with Crippen molar-refractivity contribution in [2.75, 3.05) is 20.1 Å². The van der Waals surface area contributed by atoms with Gasteiger partial charge in [-0.3, -0.25) is 0 Å². The summed E-state index contributed by atoms with van der Waals surface area (Å²) < 4.78 is 0. The summed E-state index contributed by atoms with van der Waals surface area (Å²) in [7, 11) is 2.30.